The van der Waals surface area contributed by atoms with Crippen molar-refractivity contribution in [3.05, 3.63) is 35.9 Å². The molecule has 1 aromatic rings. The van der Waals surface area contributed by atoms with Gasteiger partial charge in [-0.25, -0.2) is 0 Å². The fourth-order valence-electron chi connectivity index (χ4n) is 2.12. The van der Waals surface area contributed by atoms with E-state index in [0.717, 1.165) is 6.42 Å². The van der Waals surface area contributed by atoms with Gasteiger partial charge in [-0.1, -0.05) is 55.5 Å². The van der Waals surface area contributed by atoms with Crippen molar-refractivity contribution in [2.45, 2.75) is 44.4 Å². The summed E-state index contributed by atoms with van der Waals surface area (Å²) in [7, 11) is 0. The minimum absolute atomic E-state index is 0.476. The Hall–Kier alpha value is -1.22. The highest BCUT2D eigenvalue weighted by Crippen LogP contribution is 2.23. The molecule has 0 fully saturated rings. The summed E-state index contributed by atoms with van der Waals surface area (Å²) in [5, 5.41) is 0. The summed E-state index contributed by atoms with van der Waals surface area (Å²) >= 11 is 0. The number of benzene rings is 1. The molecular weight excluding hydrogens is 180 g/mol. The molecule has 1 aromatic carbocycles. The number of hydrogen-bond donors (Lipinski definition) is 0. The van der Waals surface area contributed by atoms with Crippen molar-refractivity contribution in [1.29, 1.82) is 0 Å². The topological polar surface area (TPSA) is 0 Å². The molecule has 0 N–H and O–H groups in total. The summed E-state index contributed by atoms with van der Waals surface area (Å²) in [6.45, 7) is 0. The summed E-state index contributed by atoms with van der Waals surface area (Å²) in [6, 6.07) is 10.7. The lowest BCUT2D eigenvalue weighted by Gasteiger charge is -2.09. The highest BCUT2D eigenvalue weighted by Gasteiger charge is 2.08. The third kappa shape index (κ3) is 3.13. The van der Waals surface area contributed by atoms with Gasteiger partial charge in [0.1, 0.15) is 0 Å². The Morgan fingerprint density at radius 2 is 1.73 bits per heavy atom. The average Bonchev–Trinajstić information content (AvgIpc) is 2.43. The summed E-state index contributed by atoms with van der Waals surface area (Å²) in [6.07, 6.45) is 7.66. The molecule has 78 valence electrons. The van der Waals surface area contributed by atoms with Gasteiger partial charge in [0, 0.05) is 12.3 Å². The van der Waals surface area contributed by atoms with E-state index < -0.39 is 0 Å². The van der Waals surface area contributed by atoms with Crippen molar-refractivity contribution in [3.63, 3.8) is 0 Å². The van der Waals surface area contributed by atoms with Gasteiger partial charge < -0.3 is 0 Å². The Balaban J connectivity index is 2.11. The molecule has 0 radical (unpaired) electrons. The average molecular weight is 198 g/mol. The van der Waals surface area contributed by atoms with Gasteiger partial charge in [0.05, 0.1) is 0 Å². The van der Waals surface area contributed by atoms with E-state index in [9.17, 15) is 0 Å². The van der Waals surface area contributed by atoms with Crippen molar-refractivity contribution in [1.82, 2.24) is 0 Å². The minimum Gasteiger partial charge on any atom is -0.103 e. The van der Waals surface area contributed by atoms with Crippen LogP contribution >= 0.6 is 0 Å². The van der Waals surface area contributed by atoms with Crippen molar-refractivity contribution in [2.75, 3.05) is 0 Å². The minimum atomic E-state index is 0.476. The van der Waals surface area contributed by atoms with Crippen molar-refractivity contribution in [2.24, 2.45) is 0 Å². The molecule has 2 rings (SSSR count). The van der Waals surface area contributed by atoms with Crippen LogP contribution in [0.5, 0.6) is 0 Å². The van der Waals surface area contributed by atoms with E-state index in [0.29, 0.717) is 5.92 Å². The third-order valence-electron chi connectivity index (χ3n) is 3.02. The van der Waals surface area contributed by atoms with Crippen molar-refractivity contribution < 1.29 is 0 Å². The maximum absolute atomic E-state index is 3.43. The van der Waals surface area contributed by atoms with Gasteiger partial charge in [-0.3, -0.25) is 0 Å². The lowest BCUT2D eigenvalue weighted by atomic mass is 9.94. The first-order valence-electron chi connectivity index (χ1n) is 6.00. The van der Waals surface area contributed by atoms with Gasteiger partial charge in [0.2, 0.25) is 0 Å². The Morgan fingerprint density at radius 1 is 0.933 bits per heavy atom. The largest absolute Gasteiger partial charge is 0.103 e. The zero-order chi connectivity index (χ0) is 10.3. The van der Waals surface area contributed by atoms with Crippen LogP contribution in [0.1, 0.15) is 50.0 Å². The van der Waals surface area contributed by atoms with E-state index in [1.165, 1.54) is 37.7 Å². The Morgan fingerprint density at radius 3 is 2.60 bits per heavy atom. The van der Waals surface area contributed by atoms with Crippen LogP contribution in [0.2, 0.25) is 0 Å². The van der Waals surface area contributed by atoms with Gasteiger partial charge >= 0.3 is 0 Å². The summed E-state index contributed by atoms with van der Waals surface area (Å²) < 4.78 is 0. The fourth-order valence-corrected chi connectivity index (χ4v) is 2.12. The molecule has 1 aliphatic carbocycles. The smallest absolute Gasteiger partial charge is 0.0452 e. The lowest BCUT2D eigenvalue weighted by molar-refractivity contribution is 0.608. The molecule has 0 heterocycles. The standard InChI is InChI=1S/C15H18/c1-2-4-7-11-14(10-6-3-1)15-12-8-5-9-13-15/h5,8-9,12-14H,1-4,6,10H2. The predicted octanol–water partition coefficient (Wildman–Crippen LogP) is 4.13. The molecule has 1 aliphatic rings. The quantitative estimate of drug-likeness (QED) is 0.595. The first-order chi connectivity index (χ1) is 7.47. The van der Waals surface area contributed by atoms with Gasteiger partial charge in [-0.05, 0) is 18.4 Å². The molecule has 0 aliphatic heterocycles. The van der Waals surface area contributed by atoms with Crippen molar-refractivity contribution in [3.8, 4) is 11.8 Å². The Bertz CT molecular complexity index is 339. The number of hydrogen-bond acceptors (Lipinski definition) is 0. The molecule has 15 heavy (non-hydrogen) atoms. The molecular formula is C15H18. The van der Waals surface area contributed by atoms with E-state index in [1.54, 1.807) is 0 Å². The van der Waals surface area contributed by atoms with Gasteiger partial charge in [-0.2, -0.15) is 0 Å². The summed E-state index contributed by atoms with van der Waals surface area (Å²) in [4.78, 5) is 0. The highest BCUT2D eigenvalue weighted by atomic mass is 14.1. The van der Waals surface area contributed by atoms with Crippen LogP contribution in [0, 0.1) is 11.8 Å². The third-order valence-corrected chi connectivity index (χ3v) is 3.02. The van der Waals surface area contributed by atoms with Crippen LogP contribution in [0.4, 0.5) is 0 Å². The maximum Gasteiger partial charge on any atom is 0.0452 e. The first-order valence-corrected chi connectivity index (χ1v) is 6.00. The second kappa shape index (κ2) is 5.61. The molecule has 0 nitrogen and oxygen atoms in total. The second-order valence-electron chi connectivity index (χ2n) is 4.24. The summed E-state index contributed by atoms with van der Waals surface area (Å²) in [5.41, 5.74) is 1.40. The Labute approximate surface area is 92.7 Å². The molecule has 0 heteroatoms. The molecule has 1 unspecified atom stereocenters. The van der Waals surface area contributed by atoms with Gasteiger partial charge in [0.15, 0.2) is 0 Å². The molecule has 0 bridgehead atoms. The monoisotopic (exact) mass is 198 g/mol. The van der Waals surface area contributed by atoms with Crippen LogP contribution in [-0.2, 0) is 0 Å². The zero-order valence-corrected chi connectivity index (χ0v) is 9.21. The molecule has 0 saturated carbocycles. The van der Waals surface area contributed by atoms with Crippen LogP contribution in [-0.4, -0.2) is 0 Å². The fraction of sp³-hybridized carbons (Fsp3) is 0.467. The normalized spacial score (nSPS) is 21.7. The summed E-state index contributed by atoms with van der Waals surface area (Å²) in [5.74, 6) is 7.23. The molecule has 0 saturated heterocycles. The van der Waals surface area contributed by atoms with Crippen molar-refractivity contribution >= 4 is 0 Å². The van der Waals surface area contributed by atoms with E-state index >= 15 is 0 Å². The van der Waals surface area contributed by atoms with Crippen LogP contribution in [0.3, 0.4) is 0 Å². The van der Waals surface area contributed by atoms with Crippen LogP contribution < -0.4 is 0 Å². The second-order valence-corrected chi connectivity index (χ2v) is 4.24. The Kier molecular flexibility index (Phi) is 3.85. The number of rotatable bonds is 1. The molecule has 0 amide bonds. The van der Waals surface area contributed by atoms with Gasteiger partial charge in [0.25, 0.3) is 0 Å². The van der Waals surface area contributed by atoms with Crippen LogP contribution in [0.15, 0.2) is 30.3 Å². The van der Waals surface area contributed by atoms with Crippen LogP contribution in [0.25, 0.3) is 0 Å². The van der Waals surface area contributed by atoms with E-state index in [2.05, 4.69) is 42.2 Å². The van der Waals surface area contributed by atoms with E-state index in [-0.39, 0.29) is 0 Å². The predicted molar refractivity (Wildman–Crippen MR) is 64.7 cm³/mol. The molecule has 1 atom stereocenters. The lowest BCUT2D eigenvalue weighted by Crippen LogP contribution is -1.95. The highest BCUT2D eigenvalue weighted by molar-refractivity contribution is 5.27. The van der Waals surface area contributed by atoms with E-state index in [1.807, 2.05) is 0 Å². The first kappa shape index (κ1) is 10.3. The SMILES string of the molecule is C1#CC(c2ccccc2)CCCCCC1. The van der Waals surface area contributed by atoms with Gasteiger partial charge in [-0.15, -0.1) is 5.92 Å². The zero-order valence-electron chi connectivity index (χ0n) is 9.21. The maximum atomic E-state index is 3.43. The molecule has 0 aromatic heterocycles. The molecule has 0 spiro atoms. The van der Waals surface area contributed by atoms with E-state index in [4.69, 9.17) is 0 Å².